The number of fused-ring (bicyclic) bond motifs is 1. The summed E-state index contributed by atoms with van der Waals surface area (Å²) >= 11 is 5.75. The maximum absolute atomic E-state index is 5.75. The number of nitrogens with zero attached hydrogens (tertiary/aromatic N) is 6. The first-order chi connectivity index (χ1) is 8.24. The molecule has 0 aliphatic rings. The van der Waals surface area contributed by atoms with Gasteiger partial charge in [0.1, 0.15) is 0 Å². The van der Waals surface area contributed by atoms with Gasteiger partial charge in [0.15, 0.2) is 11.5 Å². The van der Waals surface area contributed by atoms with E-state index in [1.165, 1.54) is 0 Å². The lowest BCUT2D eigenvalue weighted by Gasteiger charge is -2.28. The maximum Gasteiger partial charge on any atom is 0.199 e. The van der Waals surface area contributed by atoms with Crippen LogP contribution in [0.1, 0.15) is 20.3 Å². The average molecular weight is 255 g/mol. The van der Waals surface area contributed by atoms with Crippen LogP contribution in [0.25, 0.3) is 5.65 Å². The first-order valence-corrected chi connectivity index (χ1v) is 6.12. The Morgan fingerprint density at radius 1 is 1.41 bits per heavy atom. The molecule has 0 fully saturated rings. The Hall–Kier alpha value is -1.43. The summed E-state index contributed by atoms with van der Waals surface area (Å²) < 4.78 is 1.70. The van der Waals surface area contributed by atoms with Crippen molar-refractivity contribution in [2.24, 2.45) is 0 Å². The second kappa shape index (κ2) is 5.27. The molecular formula is C10H15ClN6. The molecule has 0 N–H and O–H groups in total. The van der Waals surface area contributed by atoms with E-state index in [2.05, 4.69) is 39.3 Å². The number of alkyl halides is 1. The Bertz CT molecular complexity index is 482. The highest BCUT2D eigenvalue weighted by Gasteiger charge is 2.15. The van der Waals surface area contributed by atoms with Gasteiger partial charge in [-0.25, -0.2) is 0 Å². The van der Waals surface area contributed by atoms with Crippen molar-refractivity contribution < 1.29 is 0 Å². The van der Waals surface area contributed by atoms with Crippen molar-refractivity contribution in [2.75, 3.05) is 17.3 Å². The lowest BCUT2D eigenvalue weighted by molar-refractivity contribution is 0.645. The molecule has 0 amide bonds. The monoisotopic (exact) mass is 254 g/mol. The highest BCUT2D eigenvalue weighted by Crippen LogP contribution is 2.16. The molecule has 2 aromatic rings. The van der Waals surface area contributed by atoms with Gasteiger partial charge in [0.2, 0.25) is 0 Å². The number of rotatable bonds is 5. The van der Waals surface area contributed by atoms with Crippen LogP contribution in [0.3, 0.4) is 0 Å². The number of hydrogen-bond acceptors (Lipinski definition) is 5. The van der Waals surface area contributed by atoms with Crippen molar-refractivity contribution in [3.63, 3.8) is 0 Å². The average Bonchev–Trinajstić information content (AvgIpc) is 2.77. The number of halogens is 1. The van der Waals surface area contributed by atoms with Gasteiger partial charge in [-0.2, -0.15) is 4.52 Å². The third-order valence-electron chi connectivity index (χ3n) is 2.54. The van der Waals surface area contributed by atoms with Gasteiger partial charge in [-0.15, -0.1) is 16.7 Å². The second-order valence-electron chi connectivity index (χ2n) is 4.04. The van der Waals surface area contributed by atoms with E-state index >= 15 is 0 Å². The smallest absolute Gasteiger partial charge is 0.199 e. The van der Waals surface area contributed by atoms with Crippen LogP contribution in [0.15, 0.2) is 12.4 Å². The van der Waals surface area contributed by atoms with Gasteiger partial charge in [0.25, 0.3) is 0 Å². The van der Waals surface area contributed by atoms with Crippen molar-refractivity contribution in [1.29, 1.82) is 0 Å². The van der Waals surface area contributed by atoms with Crippen molar-refractivity contribution in [2.45, 2.75) is 26.3 Å². The van der Waals surface area contributed by atoms with E-state index in [1.807, 2.05) is 0 Å². The van der Waals surface area contributed by atoms with Crippen LogP contribution in [0, 0.1) is 0 Å². The molecule has 0 radical (unpaired) electrons. The standard InChI is InChI=1S/C10H15ClN6/c1-8(2)16(5-3-4-11)10-7-12-6-9-13-14-15-17(9)10/h6-8H,3-5H2,1-2H3. The van der Waals surface area contributed by atoms with Crippen LogP contribution < -0.4 is 4.90 Å². The molecule has 0 bridgehead atoms. The largest absolute Gasteiger partial charge is 0.353 e. The van der Waals surface area contributed by atoms with E-state index < -0.39 is 0 Å². The van der Waals surface area contributed by atoms with Crippen LogP contribution in [-0.2, 0) is 0 Å². The van der Waals surface area contributed by atoms with Gasteiger partial charge in [-0.3, -0.25) is 4.98 Å². The van der Waals surface area contributed by atoms with E-state index in [9.17, 15) is 0 Å². The Labute approximate surface area is 105 Å². The Kier molecular flexibility index (Phi) is 3.73. The minimum Gasteiger partial charge on any atom is -0.353 e. The van der Waals surface area contributed by atoms with E-state index in [0.29, 0.717) is 17.6 Å². The topological polar surface area (TPSA) is 59.2 Å². The molecule has 0 aromatic carbocycles. The van der Waals surface area contributed by atoms with Crippen LogP contribution in [0.2, 0.25) is 0 Å². The van der Waals surface area contributed by atoms with Gasteiger partial charge in [-0.1, -0.05) is 0 Å². The molecule has 7 heteroatoms. The highest BCUT2D eigenvalue weighted by atomic mass is 35.5. The van der Waals surface area contributed by atoms with Gasteiger partial charge < -0.3 is 4.90 Å². The molecule has 0 saturated carbocycles. The fraction of sp³-hybridized carbons (Fsp3) is 0.600. The zero-order valence-electron chi connectivity index (χ0n) is 9.91. The fourth-order valence-electron chi connectivity index (χ4n) is 1.73. The second-order valence-corrected chi connectivity index (χ2v) is 4.42. The molecule has 2 rings (SSSR count). The predicted molar refractivity (Wildman–Crippen MR) is 66.4 cm³/mol. The first-order valence-electron chi connectivity index (χ1n) is 5.58. The molecule has 0 unspecified atom stereocenters. The number of tetrazole rings is 1. The van der Waals surface area contributed by atoms with Crippen LogP contribution in [0.5, 0.6) is 0 Å². The first kappa shape index (κ1) is 12.0. The summed E-state index contributed by atoms with van der Waals surface area (Å²) in [4.78, 5) is 6.35. The van der Waals surface area contributed by atoms with Crippen molar-refractivity contribution in [3.8, 4) is 0 Å². The predicted octanol–water partition coefficient (Wildman–Crippen LogP) is 1.36. The summed E-state index contributed by atoms with van der Waals surface area (Å²) in [7, 11) is 0. The molecule has 2 aromatic heterocycles. The highest BCUT2D eigenvalue weighted by molar-refractivity contribution is 6.17. The van der Waals surface area contributed by atoms with Gasteiger partial charge >= 0.3 is 0 Å². The Balaban J connectivity index is 2.37. The Morgan fingerprint density at radius 2 is 2.24 bits per heavy atom. The van der Waals surface area contributed by atoms with Crippen molar-refractivity contribution in [3.05, 3.63) is 12.4 Å². The third-order valence-corrected chi connectivity index (χ3v) is 2.81. The molecule has 0 atom stereocenters. The normalized spacial score (nSPS) is 11.3. The van der Waals surface area contributed by atoms with Gasteiger partial charge in [0, 0.05) is 18.5 Å². The summed E-state index contributed by atoms with van der Waals surface area (Å²) in [5.74, 6) is 1.54. The lowest BCUT2D eigenvalue weighted by Crippen LogP contribution is -2.33. The molecule has 0 aliphatic carbocycles. The lowest BCUT2D eigenvalue weighted by atomic mass is 10.3. The third kappa shape index (κ3) is 2.46. The molecule has 0 saturated heterocycles. The minimum atomic E-state index is 0.342. The van der Waals surface area contributed by atoms with Crippen molar-refractivity contribution in [1.82, 2.24) is 25.0 Å². The SMILES string of the molecule is CC(C)N(CCCCl)c1cncc2nnnn12. The molecule has 0 aliphatic heterocycles. The van der Waals surface area contributed by atoms with E-state index in [1.54, 1.807) is 16.9 Å². The van der Waals surface area contributed by atoms with Gasteiger partial charge in [0.05, 0.1) is 12.4 Å². The van der Waals surface area contributed by atoms with Crippen LogP contribution in [-0.4, -0.2) is 43.5 Å². The summed E-state index contributed by atoms with van der Waals surface area (Å²) in [6.07, 6.45) is 4.33. The summed E-state index contributed by atoms with van der Waals surface area (Å²) in [5.41, 5.74) is 0.652. The molecule has 2 heterocycles. The molecular weight excluding hydrogens is 240 g/mol. The van der Waals surface area contributed by atoms with Crippen LogP contribution in [0.4, 0.5) is 5.82 Å². The molecule has 17 heavy (non-hydrogen) atoms. The number of anilines is 1. The molecule has 6 nitrogen and oxygen atoms in total. The summed E-state index contributed by atoms with van der Waals surface area (Å²) in [6, 6.07) is 0.342. The number of aromatic nitrogens is 5. The fourth-order valence-corrected chi connectivity index (χ4v) is 1.85. The quantitative estimate of drug-likeness (QED) is 0.754. The van der Waals surface area contributed by atoms with E-state index in [-0.39, 0.29) is 0 Å². The van der Waals surface area contributed by atoms with E-state index in [0.717, 1.165) is 18.8 Å². The minimum absolute atomic E-state index is 0.342. The zero-order valence-corrected chi connectivity index (χ0v) is 10.7. The summed E-state index contributed by atoms with van der Waals surface area (Å²) in [6.45, 7) is 5.11. The van der Waals surface area contributed by atoms with Gasteiger partial charge in [-0.05, 0) is 30.7 Å². The Morgan fingerprint density at radius 3 is 2.94 bits per heavy atom. The zero-order chi connectivity index (χ0) is 12.3. The molecule has 0 spiro atoms. The number of hydrogen-bond donors (Lipinski definition) is 0. The van der Waals surface area contributed by atoms with E-state index in [4.69, 9.17) is 11.6 Å². The van der Waals surface area contributed by atoms with Crippen LogP contribution >= 0.6 is 11.6 Å². The maximum atomic E-state index is 5.75. The molecule has 92 valence electrons. The summed E-state index contributed by atoms with van der Waals surface area (Å²) in [5, 5.41) is 11.5. The van der Waals surface area contributed by atoms with Crippen molar-refractivity contribution >= 4 is 23.1 Å².